The molecule has 1 aliphatic rings. The van der Waals surface area contributed by atoms with Crippen molar-refractivity contribution < 1.29 is 9.53 Å². The summed E-state index contributed by atoms with van der Waals surface area (Å²) in [5.41, 5.74) is 3.03. The Kier molecular flexibility index (Phi) is 6.85. The van der Waals surface area contributed by atoms with Crippen LogP contribution in [0.1, 0.15) is 28.4 Å². The molecule has 0 saturated carbocycles. The van der Waals surface area contributed by atoms with Crippen molar-refractivity contribution in [1.82, 2.24) is 10.2 Å². The number of hydrogen-bond acceptors (Lipinski definition) is 3. The number of nitrogens with one attached hydrogen (secondary N) is 1. The maximum atomic E-state index is 12.7. The molecule has 2 aromatic carbocycles. The Morgan fingerprint density at radius 2 is 2.04 bits per heavy atom. The lowest BCUT2D eigenvalue weighted by Crippen LogP contribution is -2.51. The fraction of sp³-hybridized carbons (Fsp3) is 0.350. The fourth-order valence-corrected chi connectivity index (χ4v) is 2.99. The van der Waals surface area contributed by atoms with Gasteiger partial charge in [-0.2, -0.15) is 0 Å². The maximum absolute atomic E-state index is 12.7. The summed E-state index contributed by atoms with van der Waals surface area (Å²) in [5, 5.41) is 3.35. The van der Waals surface area contributed by atoms with Gasteiger partial charge in [-0.1, -0.05) is 35.9 Å². The van der Waals surface area contributed by atoms with E-state index in [1.54, 1.807) is 0 Å². The van der Waals surface area contributed by atoms with Gasteiger partial charge in [-0.05, 0) is 37.6 Å². The number of piperazine rings is 1. The molecule has 1 unspecified atom stereocenters. The van der Waals surface area contributed by atoms with Gasteiger partial charge in [0.15, 0.2) is 0 Å². The van der Waals surface area contributed by atoms with Crippen LogP contribution in [0.15, 0.2) is 48.5 Å². The average molecular weight is 361 g/mol. The number of rotatable bonds is 4. The van der Waals surface area contributed by atoms with Gasteiger partial charge in [0.2, 0.25) is 0 Å². The predicted octanol–water partition coefficient (Wildman–Crippen LogP) is 3.43. The van der Waals surface area contributed by atoms with Crippen molar-refractivity contribution in [2.45, 2.75) is 26.5 Å². The van der Waals surface area contributed by atoms with Crippen LogP contribution in [0.5, 0.6) is 5.75 Å². The van der Waals surface area contributed by atoms with Crippen molar-refractivity contribution in [3.63, 3.8) is 0 Å². The molecule has 134 valence electrons. The van der Waals surface area contributed by atoms with Crippen molar-refractivity contribution >= 4 is 18.3 Å². The highest BCUT2D eigenvalue weighted by Gasteiger charge is 2.21. The van der Waals surface area contributed by atoms with Gasteiger partial charge in [0.25, 0.3) is 5.91 Å². The van der Waals surface area contributed by atoms with Crippen LogP contribution in [0.25, 0.3) is 0 Å². The Balaban J connectivity index is 0.00000225. The minimum Gasteiger partial charge on any atom is -0.489 e. The van der Waals surface area contributed by atoms with Crippen molar-refractivity contribution in [3.05, 3.63) is 65.2 Å². The summed E-state index contributed by atoms with van der Waals surface area (Å²) in [6.07, 6.45) is 0. The summed E-state index contributed by atoms with van der Waals surface area (Å²) < 4.78 is 5.86. The molecule has 2 aromatic rings. The molecule has 1 aliphatic heterocycles. The van der Waals surface area contributed by atoms with Crippen LogP contribution in [0, 0.1) is 6.92 Å². The SMILES string of the molecule is Cc1cccc(COc2cccc(C(=O)N3CCNC(C)C3)c2)c1.Cl. The molecule has 5 heteroatoms. The van der Waals surface area contributed by atoms with E-state index in [4.69, 9.17) is 4.74 Å². The highest BCUT2D eigenvalue weighted by Crippen LogP contribution is 2.17. The maximum Gasteiger partial charge on any atom is 0.254 e. The van der Waals surface area contributed by atoms with Crippen LogP contribution >= 0.6 is 12.4 Å². The number of nitrogens with zero attached hydrogens (tertiary/aromatic N) is 1. The van der Waals surface area contributed by atoms with Crippen molar-refractivity contribution in [3.8, 4) is 5.75 Å². The molecule has 1 N–H and O–H groups in total. The topological polar surface area (TPSA) is 41.6 Å². The van der Waals surface area contributed by atoms with Crippen LogP contribution in [0.2, 0.25) is 0 Å². The molecule has 0 aliphatic carbocycles. The molecule has 0 spiro atoms. The summed E-state index contributed by atoms with van der Waals surface area (Å²) in [6.45, 7) is 7.00. The number of halogens is 1. The first-order valence-corrected chi connectivity index (χ1v) is 8.43. The quantitative estimate of drug-likeness (QED) is 0.908. The van der Waals surface area contributed by atoms with Crippen LogP contribution in [0.4, 0.5) is 0 Å². The van der Waals surface area contributed by atoms with E-state index < -0.39 is 0 Å². The lowest BCUT2D eigenvalue weighted by Gasteiger charge is -2.32. The molecule has 3 rings (SSSR count). The fourth-order valence-electron chi connectivity index (χ4n) is 2.99. The number of hydrogen-bond donors (Lipinski definition) is 1. The first-order valence-electron chi connectivity index (χ1n) is 8.43. The van der Waals surface area contributed by atoms with E-state index in [0.717, 1.165) is 30.9 Å². The summed E-state index contributed by atoms with van der Waals surface area (Å²) >= 11 is 0. The third kappa shape index (κ3) is 5.21. The molecule has 0 bridgehead atoms. The number of amides is 1. The largest absolute Gasteiger partial charge is 0.489 e. The molecule has 25 heavy (non-hydrogen) atoms. The zero-order valence-corrected chi connectivity index (χ0v) is 15.5. The second-order valence-electron chi connectivity index (χ2n) is 6.41. The van der Waals surface area contributed by atoms with Gasteiger partial charge in [-0.25, -0.2) is 0 Å². The van der Waals surface area contributed by atoms with E-state index in [1.165, 1.54) is 5.56 Å². The Morgan fingerprint density at radius 3 is 2.80 bits per heavy atom. The molecule has 0 radical (unpaired) electrons. The first kappa shape index (κ1) is 19.3. The summed E-state index contributed by atoms with van der Waals surface area (Å²) in [4.78, 5) is 14.6. The molecule has 1 heterocycles. The molecular weight excluding hydrogens is 336 g/mol. The summed E-state index contributed by atoms with van der Waals surface area (Å²) in [6, 6.07) is 16.1. The van der Waals surface area contributed by atoms with Crippen molar-refractivity contribution in [2.75, 3.05) is 19.6 Å². The minimum absolute atomic E-state index is 0. The molecule has 4 nitrogen and oxygen atoms in total. The Hall–Kier alpha value is -2.04. The first-order chi connectivity index (χ1) is 11.6. The number of benzene rings is 2. The van der Waals surface area contributed by atoms with Gasteiger partial charge in [-0.15, -0.1) is 12.4 Å². The number of carbonyl (C=O) groups is 1. The highest BCUT2D eigenvalue weighted by molar-refractivity contribution is 5.94. The molecule has 0 aromatic heterocycles. The van der Waals surface area contributed by atoms with E-state index >= 15 is 0 Å². The third-order valence-corrected chi connectivity index (χ3v) is 4.22. The van der Waals surface area contributed by atoms with Crippen molar-refractivity contribution in [1.29, 1.82) is 0 Å². The standard InChI is InChI=1S/C20H24N2O2.ClH/c1-15-5-3-6-17(11-15)14-24-19-8-4-7-18(12-19)20(23)22-10-9-21-16(2)13-22;/h3-8,11-12,16,21H,9-10,13-14H2,1-2H3;1H. The molecule has 1 saturated heterocycles. The zero-order chi connectivity index (χ0) is 16.9. The lowest BCUT2D eigenvalue weighted by atomic mass is 10.1. The highest BCUT2D eigenvalue weighted by atomic mass is 35.5. The molecular formula is C20H25ClN2O2. The number of ether oxygens (including phenoxy) is 1. The van der Waals surface area contributed by atoms with Gasteiger partial charge >= 0.3 is 0 Å². The van der Waals surface area contributed by atoms with Gasteiger partial charge in [-0.3, -0.25) is 4.79 Å². The third-order valence-electron chi connectivity index (χ3n) is 4.22. The normalized spacial score (nSPS) is 16.9. The van der Waals surface area contributed by atoms with Crippen LogP contribution in [-0.4, -0.2) is 36.5 Å². The Labute approximate surface area is 155 Å². The second-order valence-corrected chi connectivity index (χ2v) is 6.41. The van der Waals surface area contributed by atoms with Gasteiger partial charge in [0.05, 0.1) is 0 Å². The van der Waals surface area contributed by atoms with Crippen LogP contribution < -0.4 is 10.1 Å². The molecule has 1 amide bonds. The van der Waals surface area contributed by atoms with Gasteiger partial charge in [0.1, 0.15) is 12.4 Å². The Morgan fingerprint density at radius 1 is 1.24 bits per heavy atom. The number of aryl methyl sites for hydroxylation is 1. The number of carbonyl (C=O) groups excluding carboxylic acids is 1. The van der Waals surface area contributed by atoms with Crippen LogP contribution in [0.3, 0.4) is 0 Å². The van der Waals surface area contributed by atoms with Crippen molar-refractivity contribution in [2.24, 2.45) is 0 Å². The summed E-state index contributed by atoms with van der Waals surface area (Å²) in [5.74, 6) is 0.801. The predicted molar refractivity (Wildman–Crippen MR) is 103 cm³/mol. The molecule has 1 fully saturated rings. The minimum atomic E-state index is 0. The van der Waals surface area contributed by atoms with E-state index in [2.05, 4.69) is 31.3 Å². The van der Waals surface area contributed by atoms with E-state index in [0.29, 0.717) is 18.2 Å². The summed E-state index contributed by atoms with van der Waals surface area (Å²) in [7, 11) is 0. The van der Waals surface area contributed by atoms with E-state index in [1.807, 2.05) is 41.3 Å². The average Bonchev–Trinajstić information content (AvgIpc) is 2.60. The van der Waals surface area contributed by atoms with Crippen LogP contribution in [-0.2, 0) is 6.61 Å². The smallest absolute Gasteiger partial charge is 0.254 e. The van der Waals surface area contributed by atoms with Gasteiger partial charge in [0, 0.05) is 31.2 Å². The Bertz CT molecular complexity index is 720. The lowest BCUT2D eigenvalue weighted by molar-refractivity contribution is 0.0708. The second kappa shape index (κ2) is 8.88. The van der Waals surface area contributed by atoms with Gasteiger partial charge < -0.3 is 15.0 Å². The van der Waals surface area contributed by atoms with E-state index in [-0.39, 0.29) is 18.3 Å². The monoisotopic (exact) mass is 360 g/mol. The molecule has 1 atom stereocenters. The zero-order valence-electron chi connectivity index (χ0n) is 14.7. The van der Waals surface area contributed by atoms with E-state index in [9.17, 15) is 4.79 Å².